The molecule has 0 saturated carbocycles. The molecule has 0 aliphatic carbocycles. The third-order valence-corrected chi connectivity index (χ3v) is 6.78. The molecule has 136 valence electrons. The van der Waals surface area contributed by atoms with E-state index >= 15 is 0 Å². The van der Waals surface area contributed by atoms with E-state index in [1.165, 1.54) is 12.0 Å². The molecule has 0 radical (unpaired) electrons. The molecule has 1 spiro atoms. The van der Waals surface area contributed by atoms with Gasteiger partial charge in [-0.2, -0.15) is 11.8 Å². The van der Waals surface area contributed by atoms with Gasteiger partial charge in [-0.3, -0.25) is 9.69 Å². The molecule has 4 nitrogen and oxygen atoms in total. The largest absolute Gasteiger partial charge is 0.370 e. The van der Waals surface area contributed by atoms with Gasteiger partial charge in [0, 0.05) is 38.0 Å². The van der Waals surface area contributed by atoms with E-state index < -0.39 is 0 Å². The number of likely N-dealkylation sites (tertiary alicyclic amines) is 1. The van der Waals surface area contributed by atoms with Gasteiger partial charge >= 0.3 is 0 Å². The minimum Gasteiger partial charge on any atom is -0.370 e. The second-order valence-electron chi connectivity index (χ2n) is 7.74. The summed E-state index contributed by atoms with van der Waals surface area (Å²) in [7, 11) is 0. The number of benzene rings is 1. The second-order valence-corrected chi connectivity index (χ2v) is 8.60. The number of fused-ring (bicyclic) bond motifs is 1. The molecule has 4 rings (SSSR count). The third kappa shape index (κ3) is 3.46. The Bertz CT molecular complexity index is 611. The first-order valence-corrected chi connectivity index (χ1v) is 10.8. The number of nitrogens with zero attached hydrogens (tertiary/aromatic N) is 1. The normalized spacial score (nSPS) is 33.6. The van der Waals surface area contributed by atoms with Crippen molar-refractivity contribution in [1.82, 2.24) is 10.2 Å². The number of carbonyl (C=O) groups is 1. The zero-order chi connectivity index (χ0) is 17.3. The fourth-order valence-corrected chi connectivity index (χ4v) is 5.44. The van der Waals surface area contributed by atoms with Crippen LogP contribution in [-0.4, -0.2) is 60.7 Å². The molecule has 3 aliphatic rings. The molecule has 1 N–H and O–H groups in total. The van der Waals surface area contributed by atoms with Crippen LogP contribution in [0.1, 0.15) is 18.4 Å². The lowest BCUT2D eigenvalue weighted by Gasteiger charge is -2.29. The molecule has 3 saturated heterocycles. The van der Waals surface area contributed by atoms with Crippen molar-refractivity contribution in [2.24, 2.45) is 11.8 Å². The average molecular weight is 361 g/mol. The van der Waals surface area contributed by atoms with Crippen LogP contribution in [0.2, 0.25) is 0 Å². The van der Waals surface area contributed by atoms with E-state index in [2.05, 4.69) is 40.5 Å². The van der Waals surface area contributed by atoms with Crippen LogP contribution < -0.4 is 5.32 Å². The lowest BCUT2D eigenvalue weighted by molar-refractivity contribution is -0.118. The topological polar surface area (TPSA) is 41.6 Å². The van der Waals surface area contributed by atoms with Crippen LogP contribution in [0.25, 0.3) is 0 Å². The highest BCUT2D eigenvalue weighted by Gasteiger charge is 2.62. The Morgan fingerprint density at radius 2 is 2.24 bits per heavy atom. The standard InChI is InChI=1S/C20H28N2O2S/c1-25-13-19(23)21-11-16-17-12-22(10-8-15-5-3-2-4-6-15)14-20(17)9-7-18(16)24-20/h2-6,16-18H,7-14H2,1H3,(H,21,23)/t16-,17+,18+,20+/m0/s1. The Morgan fingerprint density at radius 1 is 1.40 bits per heavy atom. The van der Waals surface area contributed by atoms with E-state index in [1.807, 2.05) is 6.26 Å². The predicted molar refractivity (Wildman–Crippen MR) is 102 cm³/mol. The quantitative estimate of drug-likeness (QED) is 0.809. The van der Waals surface area contributed by atoms with Crippen LogP contribution >= 0.6 is 11.8 Å². The molecule has 3 aliphatic heterocycles. The molecule has 1 aromatic rings. The van der Waals surface area contributed by atoms with E-state index in [0.29, 0.717) is 23.7 Å². The molecule has 0 unspecified atom stereocenters. The summed E-state index contributed by atoms with van der Waals surface area (Å²) in [6.45, 7) is 4.06. The second kappa shape index (κ2) is 7.29. The number of hydrogen-bond donors (Lipinski definition) is 1. The Morgan fingerprint density at radius 3 is 3.04 bits per heavy atom. The van der Waals surface area contributed by atoms with Crippen molar-refractivity contribution in [1.29, 1.82) is 0 Å². The highest BCUT2D eigenvalue weighted by molar-refractivity contribution is 7.99. The molecule has 0 aromatic heterocycles. The van der Waals surface area contributed by atoms with Crippen molar-refractivity contribution >= 4 is 17.7 Å². The number of carbonyl (C=O) groups excluding carboxylic acids is 1. The summed E-state index contributed by atoms with van der Waals surface area (Å²) in [6, 6.07) is 10.7. The van der Waals surface area contributed by atoms with Gasteiger partial charge in [0.05, 0.1) is 17.5 Å². The predicted octanol–water partition coefficient (Wildman–Crippen LogP) is 2.19. The van der Waals surface area contributed by atoms with Gasteiger partial charge in [0.25, 0.3) is 0 Å². The van der Waals surface area contributed by atoms with E-state index in [9.17, 15) is 4.79 Å². The van der Waals surface area contributed by atoms with E-state index in [0.717, 1.165) is 39.0 Å². The van der Waals surface area contributed by atoms with E-state index in [1.54, 1.807) is 11.8 Å². The SMILES string of the molecule is CSCC(=O)NC[C@H]1[C@H]2CN(CCc3ccccc3)C[C@]23CC[C@H]1O3. The average Bonchev–Trinajstić information content (AvgIpc) is 3.27. The van der Waals surface area contributed by atoms with Gasteiger partial charge in [0.15, 0.2) is 0 Å². The Hall–Kier alpha value is -1.04. The van der Waals surface area contributed by atoms with E-state index in [-0.39, 0.29) is 11.5 Å². The van der Waals surface area contributed by atoms with Crippen LogP contribution in [0.4, 0.5) is 0 Å². The fourth-order valence-electron chi connectivity index (χ4n) is 5.08. The first kappa shape index (κ1) is 17.4. The highest BCUT2D eigenvalue weighted by Crippen LogP contribution is 2.54. The minimum absolute atomic E-state index is 0.0657. The van der Waals surface area contributed by atoms with Gasteiger partial charge in [0.1, 0.15) is 0 Å². The Kier molecular flexibility index (Phi) is 5.07. The lowest BCUT2D eigenvalue weighted by Crippen LogP contribution is -2.42. The van der Waals surface area contributed by atoms with Crippen molar-refractivity contribution < 1.29 is 9.53 Å². The van der Waals surface area contributed by atoms with Crippen molar-refractivity contribution in [3.05, 3.63) is 35.9 Å². The number of nitrogens with one attached hydrogen (secondary N) is 1. The molecule has 3 fully saturated rings. The Balaban J connectivity index is 1.34. The monoisotopic (exact) mass is 360 g/mol. The summed E-state index contributed by atoms with van der Waals surface area (Å²) in [5.41, 5.74) is 1.47. The molecule has 5 heteroatoms. The van der Waals surface area contributed by atoms with Crippen molar-refractivity contribution in [3.8, 4) is 0 Å². The lowest BCUT2D eigenvalue weighted by atomic mass is 9.73. The van der Waals surface area contributed by atoms with Crippen LogP contribution in [0.5, 0.6) is 0 Å². The van der Waals surface area contributed by atoms with Crippen LogP contribution in [0, 0.1) is 11.8 Å². The molecular weight excluding hydrogens is 332 g/mol. The smallest absolute Gasteiger partial charge is 0.229 e. The number of rotatable bonds is 7. The fraction of sp³-hybridized carbons (Fsp3) is 0.650. The maximum atomic E-state index is 11.8. The molecular formula is C20H28N2O2S. The molecule has 4 atom stereocenters. The molecule has 3 heterocycles. The minimum atomic E-state index is 0.0657. The Labute approximate surface area is 154 Å². The summed E-state index contributed by atoms with van der Waals surface area (Å²) < 4.78 is 6.47. The van der Waals surface area contributed by atoms with Gasteiger partial charge in [-0.15, -0.1) is 0 Å². The van der Waals surface area contributed by atoms with E-state index in [4.69, 9.17) is 4.74 Å². The number of hydrogen-bond acceptors (Lipinski definition) is 4. The highest BCUT2D eigenvalue weighted by atomic mass is 32.2. The number of amides is 1. The maximum Gasteiger partial charge on any atom is 0.229 e. The number of ether oxygens (including phenoxy) is 1. The van der Waals surface area contributed by atoms with Gasteiger partial charge in [-0.05, 0) is 31.1 Å². The van der Waals surface area contributed by atoms with Crippen LogP contribution in [0.15, 0.2) is 30.3 Å². The van der Waals surface area contributed by atoms with Gasteiger partial charge in [0.2, 0.25) is 5.91 Å². The van der Waals surface area contributed by atoms with Crippen LogP contribution in [-0.2, 0) is 16.0 Å². The number of thioether (sulfide) groups is 1. The van der Waals surface area contributed by atoms with Gasteiger partial charge < -0.3 is 10.1 Å². The van der Waals surface area contributed by atoms with Crippen molar-refractivity contribution in [2.75, 3.05) is 38.2 Å². The molecule has 2 bridgehead atoms. The summed E-state index contributed by atoms with van der Waals surface area (Å²) in [5.74, 6) is 1.78. The van der Waals surface area contributed by atoms with Gasteiger partial charge in [-0.1, -0.05) is 30.3 Å². The summed E-state index contributed by atoms with van der Waals surface area (Å²) in [4.78, 5) is 14.4. The van der Waals surface area contributed by atoms with Crippen molar-refractivity contribution in [3.63, 3.8) is 0 Å². The summed E-state index contributed by atoms with van der Waals surface area (Å²) in [6.07, 6.45) is 5.78. The third-order valence-electron chi connectivity index (χ3n) is 6.22. The summed E-state index contributed by atoms with van der Waals surface area (Å²) >= 11 is 1.58. The summed E-state index contributed by atoms with van der Waals surface area (Å²) in [5, 5.41) is 3.13. The maximum absolute atomic E-state index is 11.8. The first-order valence-electron chi connectivity index (χ1n) is 9.40. The van der Waals surface area contributed by atoms with Gasteiger partial charge in [-0.25, -0.2) is 0 Å². The molecule has 1 amide bonds. The zero-order valence-corrected chi connectivity index (χ0v) is 15.8. The molecule has 25 heavy (non-hydrogen) atoms. The zero-order valence-electron chi connectivity index (χ0n) is 14.9. The molecule has 1 aromatic carbocycles. The van der Waals surface area contributed by atoms with Crippen LogP contribution in [0.3, 0.4) is 0 Å². The first-order chi connectivity index (χ1) is 12.2. The van der Waals surface area contributed by atoms with Crippen molar-refractivity contribution in [2.45, 2.75) is 31.0 Å².